The minimum absolute atomic E-state index is 0.0555. The summed E-state index contributed by atoms with van der Waals surface area (Å²) in [7, 11) is 0. The van der Waals surface area contributed by atoms with Gasteiger partial charge in [0.15, 0.2) is 0 Å². The van der Waals surface area contributed by atoms with Crippen LogP contribution in [0.25, 0.3) is 0 Å². The number of aliphatic carboxylic acids is 1. The molecule has 0 aromatic heterocycles. The second kappa shape index (κ2) is 13.2. The average Bonchev–Trinajstić information content (AvgIpc) is 2.72. The number of phenolic OH excluding ortho intramolecular Hbond substituents is 1. The first-order chi connectivity index (χ1) is 14.6. The summed E-state index contributed by atoms with van der Waals surface area (Å²) in [5, 5.41) is 25.4. The average molecular weight is 437 g/mol. The molecule has 0 saturated heterocycles. The van der Waals surface area contributed by atoms with Crippen LogP contribution in [0.3, 0.4) is 0 Å². The molecule has 0 aliphatic rings. The van der Waals surface area contributed by atoms with E-state index in [-0.39, 0.29) is 12.2 Å². The summed E-state index contributed by atoms with van der Waals surface area (Å²) in [4.78, 5) is 47.7. The number of benzene rings is 1. The first kappa shape index (κ1) is 25.9. The topological polar surface area (TPSA) is 197 Å². The minimum atomic E-state index is -1.21. The number of nitrogens with two attached hydrogens (primary N) is 2. The van der Waals surface area contributed by atoms with Crippen LogP contribution in [0.2, 0.25) is 0 Å². The summed E-state index contributed by atoms with van der Waals surface area (Å²) in [6.45, 7) is 1.33. The van der Waals surface area contributed by atoms with Gasteiger partial charge in [-0.15, -0.1) is 0 Å². The Morgan fingerprint density at radius 2 is 1.68 bits per heavy atom. The Balaban J connectivity index is 2.77. The van der Waals surface area contributed by atoms with Gasteiger partial charge in [0.2, 0.25) is 17.7 Å². The molecule has 3 atom stereocenters. The van der Waals surface area contributed by atoms with Crippen molar-refractivity contribution < 1.29 is 29.4 Å². The molecule has 1 aromatic carbocycles. The molecule has 3 amide bonds. The number of amides is 3. The molecule has 0 spiro atoms. The highest BCUT2D eigenvalue weighted by atomic mass is 16.4. The molecule has 0 radical (unpaired) electrons. The standard InChI is InChI=1S/C20H31N5O6/c1-12(20(30)31)24-17(27)11-23-19(29)16(10-13-5-7-14(26)8-6-13)25-18(28)15(22)4-2-3-9-21/h5-8,12,15-16,26H,2-4,9-11,21-22H2,1H3,(H,23,29)(H,24,27)(H,25,28)(H,30,31). The molecule has 31 heavy (non-hydrogen) atoms. The number of nitrogens with one attached hydrogen (secondary N) is 3. The highest BCUT2D eigenvalue weighted by Crippen LogP contribution is 2.12. The molecule has 1 aromatic rings. The summed E-state index contributed by atoms with van der Waals surface area (Å²) in [6, 6.07) is 3.15. The van der Waals surface area contributed by atoms with Gasteiger partial charge in [-0.1, -0.05) is 18.6 Å². The van der Waals surface area contributed by atoms with Crippen molar-refractivity contribution in [1.29, 1.82) is 0 Å². The number of hydrogen-bond acceptors (Lipinski definition) is 7. The molecule has 0 fully saturated rings. The Bertz CT molecular complexity index is 755. The zero-order valence-electron chi connectivity index (χ0n) is 17.5. The van der Waals surface area contributed by atoms with Gasteiger partial charge in [-0.2, -0.15) is 0 Å². The summed E-state index contributed by atoms with van der Waals surface area (Å²) >= 11 is 0. The quantitative estimate of drug-likeness (QED) is 0.182. The molecule has 0 heterocycles. The maximum atomic E-state index is 12.6. The van der Waals surface area contributed by atoms with Gasteiger partial charge in [-0.05, 0) is 44.0 Å². The fraction of sp³-hybridized carbons (Fsp3) is 0.500. The lowest BCUT2D eigenvalue weighted by Crippen LogP contribution is -2.54. The Labute approximate surface area is 180 Å². The van der Waals surface area contributed by atoms with Gasteiger partial charge >= 0.3 is 5.97 Å². The van der Waals surface area contributed by atoms with Crippen LogP contribution < -0.4 is 27.4 Å². The SMILES string of the molecule is CC(NC(=O)CNC(=O)C(Cc1ccc(O)cc1)NC(=O)C(N)CCCCN)C(=O)O. The van der Waals surface area contributed by atoms with Gasteiger partial charge in [-0.25, -0.2) is 0 Å². The van der Waals surface area contributed by atoms with Crippen molar-refractivity contribution >= 4 is 23.7 Å². The number of aromatic hydroxyl groups is 1. The van der Waals surface area contributed by atoms with Crippen molar-refractivity contribution in [3.63, 3.8) is 0 Å². The van der Waals surface area contributed by atoms with Gasteiger partial charge in [0.05, 0.1) is 12.6 Å². The van der Waals surface area contributed by atoms with Crippen molar-refractivity contribution in [2.45, 2.75) is 50.7 Å². The smallest absolute Gasteiger partial charge is 0.325 e. The molecule has 0 bridgehead atoms. The molecule has 11 heteroatoms. The number of hydrogen-bond donors (Lipinski definition) is 7. The zero-order valence-corrected chi connectivity index (χ0v) is 17.5. The van der Waals surface area contributed by atoms with E-state index < -0.39 is 48.4 Å². The highest BCUT2D eigenvalue weighted by molar-refractivity contribution is 5.92. The summed E-state index contributed by atoms with van der Waals surface area (Å²) < 4.78 is 0. The normalized spacial score (nSPS) is 13.5. The molecule has 172 valence electrons. The Kier molecular flexibility index (Phi) is 11.0. The maximum Gasteiger partial charge on any atom is 0.325 e. The van der Waals surface area contributed by atoms with Gasteiger partial charge in [-0.3, -0.25) is 19.2 Å². The van der Waals surface area contributed by atoms with Crippen LogP contribution in [-0.4, -0.2) is 65.1 Å². The number of rotatable bonds is 13. The van der Waals surface area contributed by atoms with Crippen molar-refractivity contribution in [3.05, 3.63) is 29.8 Å². The van der Waals surface area contributed by atoms with Crippen LogP contribution in [-0.2, 0) is 25.6 Å². The molecular formula is C20H31N5O6. The van der Waals surface area contributed by atoms with Gasteiger partial charge in [0.25, 0.3) is 0 Å². The summed E-state index contributed by atoms with van der Waals surface area (Å²) in [5.74, 6) is -2.98. The van der Waals surface area contributed by atoms with E-state index in [4.69, 9.17) is 16.6 Å². The van der Waals surface area contributed by atoms with E-state index in [2.05, 4.69) is 16.0 Å². The molecule has 0 aliphatic carbocycles. The molecule has 0 aliphatic heterocycles. The zero-order chi connectivity index (χ0) is 23.4. The molecule has 11 nitrogen and oxygen atoms in total. The predicted octanol–water partition coefficient (Wildman–Crippen LogP) is -1.42. The van der Waals surface area contributed by atoms with E-state index in [1.54, 1.807) is 12.1 Å². The predicted molar refractivity (Wildman–Crippen MR) is 113 cm³/mol. The number of phenols is 1. The van der Waals surface area contributed by atoms with Gasteiger partial charge in [0.1, 0.15) is 17.8 Å². The van der Waals surface area contributed by atoms with E-state index in [9.17, 15) is 24.3 Å². The van der Waals surface area contributed by atoms with Gasteiger partial charge in [0, 0.05) is 6.42 Å². The lowest BCUT2D eigenvalue weighted by atomic mass is 10.0. The first-order valence-electron chi connectivity index (χ1n) is 9.97. The second-order valence-electron chi connectivity index (χ2n) is 7.17. The number of carbonyl (C=O) groups excluding carboxylic acids is 3. The van der Waals surface area contributed by atoms with Crippen LogP contribution >= 0.6 is 0 Å². The highest BCUT2D eigenvalue weighted by Gasteiger charge is 2.25. The Morgan fingerprint density at radius 1 is 1.03 bits per heavy atom. The fourth-order valence-electron chi connectivity index (χ4n) is 2.64. The monoisotopic (exact) mass is 437 g/mol. The largest absolute Gasteiger partial charge is 0.508 e. The van der Waals surface area contributed by atoms with Crippen LogP contribution in [0.1, 0.15) is 31.7 Å². The van der Waals surface area contributed by atoms with E-state index in [1.807, 2.05) is 0 Å². The Hall–Kier alpha value is -3.18. The lowest BCUT2D eigenvalue weighted by Gasteiger charge is -2.21. The van der Waals surface area contributed by atoms with Crippen LogP contribution in [0.4, 0.5) is 0 Å². The lowest BCUT2D eigenvalue weighted by molar-refractivity contribution is -0.141. The number of carboxylic acids is 1. The molecule has 1 rings (SSSR count). The van der Waals surface area contributed by atoms with Gasteiger partial charge < -0.3 is 37.6 Å². The third kappa shape index (κ3) is 9.92. The molecule has 3 unspecified atom stereocenters. The first-order valence-corrected chi connectivity index (χ1v) is 9.97. The van der Waals surface area contributed by atoms with Crippen molar-refractivity contribution in [1.82, 2.24) is 16.0 Å². The second-order valence-corrected chi connectivity index (χ2v) is 7.17. The minimum Gasteiger partial charge on any atom is -0.508 e. The van der Waals surface area contributed by atoms with Crippen LogP contribution in [0.5, 0.6) is 5.75 Å². The third-order valence-electron chi connectivity index (χ3n) is 4.49. The summed E-state index contributed by atoms with van der Waals surface area (Å²) in [5.41, 5.74) is 12.0. The van der Waals surface area contributed by atoms with Crippen molar-refractivity contribution in [3.8, 4) is 5.75 Å². The maximum absolute atomic E-state index is 12.6. The third-order valence-corrected chi connectivity index (χ3v) is 4.49. The molecule has 0 saturated carbocycles. The molecule has 9 N–H and O–H groups in total. The number of carboxylic acid groups (broad SMARTS) is 1. The van der Waals surface area contributed by atoms with Crippen LogP contribution in [0.15, 0.2) is 24.3 Å². The number of unbranched alkanes of at least 4 members (excludes halogenated alkanes) is 1. The van der Waals surface area contributed by atoms with Crippen molar-refractivity contribution in [2.24, 2.45) is 11.5 Å². The van der Waals surface area contributed by atoms with E-state index in [1.165, 1.54) is 19.1 Å². The summed E-state index contributed by atoms with van der Waals surface area (Å²) in [6.07, 6.45) is 1.90. The van der Waals surface area contributed by atoms with E-state index in [0.717, 1.165) is 6.42 Å². The molecular weight excluding hydrogens is 406 g/mol. The fourth-order valence-corrected chi connectivity index (χ4v) is 2.64. The number of carbonyl (C=O) groups is 4. The Morgan fingerprint density at radius 3 is 2.26 bits per heavy atom. The van der Waals surface area contributed by atoms with E-state index >= 15 is 0 Å². The van der Waals surface area contributed by atoms with E-state index in [0.29, 0.717) is 24.9 Å². The van der Waals surface area contributed by atoms with Crippen molar-refractivity contribution in [2.75, 3.05) is 13.1 Å². The van der Waals surface area contributed by atoms with Crippen LogP contribution in [0, 0.1) is 0 Å².